The minimum atomic E-state index is -0.736. The summed E-state index contributed by atoms with van der Waals surface area (Å²) in [4.78, 5) is 11.7. The van der Waals surface area contributed by atoms with Crippen molar-refractivity contribution >= 4 is 5.78 Å². The molecule has 0 spiro atoms. The van der Waals surface area contributed by atoms with Gasteiger partial charge in [0.1, 0.15) is 11.6 Å². The summed E-state index contributed by atoms with van der Waals surface area (Å²) in [6.07, 6.45) is 1.37. The minimum absolute atomic E-state index is 0.103. The largest absolute Gasteiger partial charge is 0.294 e. The molecule has 0 fully saturated rings. The van der Waals surface area contributed by atoms with Crippen molar-refractivity contribution in [1.29, 1.82) is 0 Å². The van der Waals surface area contributed by atoms with Gasteiger partial charge in [0.05, 0.1) is 17.7 Å². The highest BCUT2D eigenvalue weighted by molar-refractivity contribution is 5.97. The van der Waals surface area contributed by atoms with Crippen LogP contribution in [0.4, 0.5) is 8.78 Å². The van der Waals surface area contributed by atoms with E-state index in [-0.39, 0.29) is 12.0 Å². The van der Waals surface area contributed by atoms with E-state index in [2.05, 4.69) is 10.2 Å². The number of hydrogen-bond donors (Lipinski definition) is 0. The van der Waals surface area contributed by atoms with Crippen molar-refractivity contribution in [2.45, 2.75) is 6.42 Å². The van der Waals surface area contributed by atoms with Crippen LogP contribution in [0.2, 0.25) is 0 Å². The molecule has 1 aromatic carbocycles. The number of carbonyl (C=O) groups is 1. The third kappa shape index (κ3) is 2.69. The number of rotatable bonds is 3. The first kappa shape index (κ1) is 11.3. The fourth-order valence-corrected chi connectivity index (χ4v) is 1.40. The smallest absolute Gasteiger partial charge is 0.171 e. The predicted octanol–water partition coefficient (Wildman–Crippen LogP) is 2.18. The zero-order valence-corrected chi connectivity index (χ0v) is 8.73. The summed E-state index contributed by atoms with van der Waals surface area (Å²) >= 11 is 0. The molecule has 0 bridgehead atoms. The summed E-state index contributed by atoms with van der Waals surface area (Å²) in [6.45, 7) is 0. The summed E-state index contributed by atoms with van der Waals surface area (Å²) < 4.78 is 26.2. The number of Topliss-reactive ketones (excluding diaryl/α,β-unsaturated/α-hetero) is 1. The lowest BCUT2D eigenvalue weighted by Crippen LogP contribution is -2.08. The number of aromatic nitrogens is 2. The molecule has 17 heavy (non-hydrogen) atoms. The van der Waals surface area contributed by atoms with Crippen LogP contribution in [0.1, 0.15) is 16.1 Å². The second kappa shape index (κ2) is 4.78. The molecule has 2 aromatic rings. The van der Waals surface area contributed by atoms with Crippen LogP contribution in [0, 0.1) is 11.6 Å². The van der Waals surface area contributed by atoms with Gasteiger partial charge in [0.2, 0.25) is 0 Å². The van der Waals surface area contributed by atoms with E-state index in [0.29, 0.717) is 5.69 Å². The molecule has 5 heteroatoms. The van der Waals surface area contributed by atoms with E-state index in [9.17, 15) is 13.6 Å². The van der Waals surface area contributed by atoms with E-state index in [4.69, 9.17) is 0 Å². The highest BCUT2D eigenvalue weighted by atomic mass is 19.1. The van der Waals surface area contributed by atoms with E-state index in [1.807, 2.05) is 0 Å². The number of benzene rings is 1. The normalized spacial score (nSPS) is 10.2. The maximum absolute atomic E-state index is 13.3. The van der Waals surface area contributed by atoms with Gasteiger partial charge >= 0.3 is 0 Å². The molecule has 0 saturated carbocycles. The Kier molecular flexibility index (Phi) is 3.18. The molecule has 1 aromatic heterocycles. The molecule has 0 amide bonds. The number of ketones is 1. The van der Waals surface area contributed by atoms with Crippen molar-refractivity contribution in [3.8, 4) is 0 Å². The van der Waals surface area contributed by atoms with Crippen LogP contribution >= 0.6 is 0 Å². The molecule has 0 aliphatic rings. The molecule has 2 rings (SSSR count). The number of carbonyl (C=O) groups excluding carboxylic acids is 1. The highest BCUT2D eigenvalue weighted by Gasteiger charge is 2.13. The van der Waals surface area contributed by atoms with Gasteiger partial charge in [-0.25, -0.2) is 8.78 Å². The zero-order valence-electron chi connectivity index (χ0n) is 8.73. The Bertz CT molecular complexity index is 543. The van der Waals surface area contributed by atoms with E-state index in [1.165, 1.54) is 6.20 Å². The van der Waals surface area contributed by atoms with Crippen molar-refractivity contribution in [2.75, 3.05) is 0 Å². The Morgan fingerprint density at radius 1 is 1.24 bits per heavy atom. The van der Waals surface area contributed by atoms with Crippen molar-refractivity contribution in [2.24, 2.45) is 0 Å². The standard InChI is InChI=1S/C12H8F2N2O/c13-8-3-4-11(14)10(6-8)12(17)7-9-2-1-5-15-16-9/h1-6H,7H2. The van der Waals surface area contributed by atoms with Crippen molar-refractivity contribution in [3.05, 3.63) is 59.4 Å². The third-order valence-electron chi connectivity index (χ3n) is 2.20. The van der Waals surface area contributed by atoms with Gasteiger partial charge in [0, 0.05) is 6.20 Å². The van der Waals surface area contributed by atoms with Gasteiger partial charge in [-0.05, 0) is 30.3 Å². The summed E-state index contributed by atoms with van der Waals surface area (Å²) in [5, 5.41) is 7.31. The van der Waals surface area contributed by atoms with Crippen LogP contribution in [0.25, 0.3) is 0 Å². The van der Waals surface area contributed by atoms with E-state index in [1.54, 1.807) is 12.1 Å². The molecule has 0 radical (unpaired) electrons. The molecule has 0 atom stereocenters. The summed E-state index contributed by atoms with van der Waals surface area (Å²) in [7, 11) is 0. The Balaban J connectivity index is 2.23. The monoisotopic (exact) mass is 234 g/mol. The molecule has 0 saturated heterocycles. The lowest BCUT2D eigenvalue weighted by atomic mass is 10.1. The van der Waals surface area contributed by atoms with Crippen LogP contribution < -0.4 is 0 Å². The van der Waals surface area contributed by atoms with Crippen LogP contribution in [-0.2, 0) is 6.42 Å². The average molecular weight is 234 g/mol. The summed E-state index contributed by atoms with van der Waals surface area (Å²) in [5.41, 5.74) is 0.150. The van der Waals surface area contributed by atoms with Crippen LogP contribution in [0.3, 0.4) is 0 Å². The van der Waals surface area contributed by atoms with E-state index >= 15 is 0 Å². The second-order valence-corrected chi connectivity index (χ2v) is 3.44. The zero-order chi connectivity index (χ0) is 12.3. The molecule has 0 aliphatic heterocycles. The molecule has 0 aliphatic carbocycles. The molecule has 0 N–H and O–H groups in total. The Morgan fingerprint density at radius 2 is 2.06 bits per heavy atom. The lowest BCUT2D eigenvalue weighted by molar-refractivity contribution is 0.0987. The minimum Gasteiger partial charge on any atom is -0.294 e. The first-order valence-corrected chi connectivity index (χ1v) is 4.91. The maximum Gasteiger partial charge on any atom is 0.171 e. The molecule has 0 unspecified atom stereocenters. The molecule has 86 valence electrons. The topological polar surface area (TPSA) is 42.9 Å². The molecular formula is C12H8F2N2O. The van der Waals surface area contributed by atoms with E-state index in [0.717, 1.165) is 18.2 Å². The van der Waals surface area contributed by atoms with Gasteiger partial charge in [0.15, 0.2) is 5.78 Å². The SMILES string of the molecule is O=C(Cc1cccnn1)c1cc(F)ccc1F. The Labute approximate surface area is 96.1 Å². The van der Waals surface area contributed by atoms with Gasteiger partial charge < -0.3 is 0 Å². The molecule has 1 heterocycles. The van der Waals surface area contributed by atoms with Gasteiger partial charge in [-0.3, -0.25) is 4.79 Å². The van der Waals surface area contributed by atoms with Crippen LogP contribution in [0.5, 0.6) is 0 Å². The maximum atomic E-state index is 13.3. The van der Waals surface area contributed by atoms with Crippen molar-refractivity contribution in [3.63, 3.8) is 0 Å². The third-order valence-corrected chi connectivity index (χ3v) is 2.20. The van der Waals surface area contributed by atoms with Crippen molar-refractivity contribution < 1.29 is 13.6 Å². The molecule has 3 nitrogen and oxygen atoms in total. The predicted molar refractivity (Wildman–Crippen MR) is 56.4 cm³/mol. The van der Waals surface area contributed by atoms with Crippen molar-refractivity contribution in [1.82, 2.24) is 10.2 Å². The Hall–Kier alpha value is -2.17. The number of nitrogens with zero attached hydrogens (tertiary/aromatic N) is 2. The lowest BCUT2D eigenvalue weighted by Gasteiger charge is -2.02. The van der Waals surface area contributed by atoms with Gasteiger partial charge in [-0.1, -0.05) is 0 Å². The second-order valence-electron chi connectivity index (χ2n) is 3.44. The number of halogens is 2. The first-order chi connectivity index (χ1) is 8.16. The summed E-state index contributed by atoms with van der Waals surface area (Å²) in [5.74, 6) is -1.91. The fourth-order valence-electron chi connectivity index (χ4n) is 1.40. The quantitative estimate of drug-likeness (QED) is 0.764. The van der Waals surface area contributed by atoms with Gasteiger partial charge in [0.25, 0.3) is 0 Å². The first-order valence-electron chi connectivity index (χ1n) is 4.91. The summed E-state index contributed by atoms with van der Waals surface area (Å²) in [6, 6.07) is 6.00. The van der Waals surface area contributed by atoms with Crippen LogP contribution in [0.15, 0.2) is 36.5 Å². The van der Waals surface area contributed by atoms with Gasteiger partial charge in [-0.2, -0.15) is 10.2 Å². The highest BCUT2D eigenvalue weighted by Crippen LogP contribution is 2.12. The molecular weight excluding hydrogens is 226 g/mol. The van der Waals surface area contributed by atoms with Gasteiger partial charge in [-0.15, -0.1) is 0 Å². The number of hydrogen-bond acceptors (Lipinski definition) is 3. The van der Waals surface area contributed by atoms with Crippen LogP contribution in [-0.4, -0.2) is 16.0 Å². The fraction of sp³-hybridized carbons (Fsp3) is 0.0833. The van der Waals surface area contributed by atoms with E-state index < -0.39 is 17.4 Å². The average Bonchev–Trinajstić information content (AvgIpc) is 2.33. The Morgan fingerprint density at radius 3 is 2.76 bits per heavy atom.